The Morgan fingerprint density at radius 2 is 1.47 bits per heavy atom. The summed E-state index contributed by atoms with van der Waals surface area (Å²) in [4.78, 5) is 28.8. The highest BCUT2D eigenvalue weighted by Gasteiger charge is 2.19. The number of benzene rings is 2. The van der Waals surface area contributed by atoms with Crippen LogP contribution in [0.3, 0.4) is 0 Å². The van der Waals surface area contributed by atoms with E-state index in [1.165, 1.54) is 41.7 Å². The van der Waals surface area contributed by atoms with Crippen LogP contribution in [0.5, 0.6) is 28.7 Å². The van der Waals surface area contributed by atoms with Crippen LogP contribution in [0.1, 0.15) is 10.4 Å². The molecule has 158 valence electrons. The third-order valence-corrected chi connectivity index (χ3v) is 4.54. The van der Waals surface area contributed by atoms with Crippen LogP contribution in [0.25, 0.3) is 10.9 Å². The molecule has 3 aromatic rings. The van der Waals surface area contributed by atoms with Crippen molar-refractivity contribution < 1.29 is 28.5 Å². The van der Waals surface area contributed by atoms with Gasteiger partial charge in [0.05, 0.1) is 46.5 Å². The molecule has 9 heteroatoms. The van der Waals surface area contributed by atoms with Crippen LogP contribution in [0.2, 0.25) is 0 Å². The maximum atomic E-state index is 13.0. The normalized spacial score (nSPS) is 10.4. The Labute approximate surface area is 172 Å². The highest BCUT2D eigenvalue weighted by atomic mass is 16.5. The number of pyridine rings is 1. The molecule has 2 aromatic carbocycles. The van der Waals surface area contributed by atoms with Crippen molar-refractivity contribution in [2.24, 2.45) is 0 Å². The van der Waals surface area contributed by atoms with Gasteiger partial charge in [-0.1, -0.05) is 0 Å². The van der Waals surface area contributed by atoms with Crippen LogP contribution in [0.4, 0.5) is 5.69 Å². The summed E-state index contributed by atoms with van der Waals surface area (Å²) in [6.07, 6.45) is 1.34. The van der Waals surface area contributed by atoms with Crippen molar-refractivity contribution in [3.63, 3.8) is 0 Å². The van der Waals surface area contributed by atoms with Crippen molar-refractivity contribution in [2.75, 3.05) is 40.9 Å². The van der Waals surface area contributed by atoms with Crippen LogP contribution in [0, 0.1) is 0 Å². The molecule has 0 bridgehead atoms. The van der Waals surface area contributed by atoms with E-state index in [1.807, 2.05) is 0 Å². The van der Waals surface area contributed by atoms with Gasteiger partial charge in [-0.2, -0.15) is 0 Å². The Kier molecular flexibility index (Phi) is 6.01. The van der Waals surface area contributed by atoms with E-state index >= 15 is 0 Å². The molecular formula is C21H22N2O7. The highest BCUT2D eigenvalue weighted by molar-refractivity contribution is 6.06. The summed E-state index contributed by atoms with van der Waals surface area (Å²) in [5, 5.41) is 2.93. The minimum absolute atomic E-state index is 0.0836. The molecule has 0 aliphatic heterocycles. The lowest BCUT2D eigenvalue weighted by atomic mass is 10.1. The Morgan fingerprint density at radius 1 is 0.833 bits per heavy atom. The molecule has 0 atom stereocenters. The molecule has 0 saturated heterocycles. The van der Waals surface area contributed by atoms with Crippen molar-refractivity contribution in [1.82, 2.24) is 4.98 Å². The number of rotatable bonds is 7. The van der Waals surface area contributed by atoms with Gasteiger partial charge in [0.1, 0.15) is 17.1 Å². The molecule has 3 rings (SSSR count). The Balaban J connectivity index is 2.04. The van der Waals surface area contributed by atoms with E-state index in [9.17, 15) is 9.59 Å². The van der Waals surface area contributed by atoms with Crippen LogP contribution in [-0.4, -0.2) is 46.4 Å². The number of amides is 1. The zero-order valence-corrected chi connectivity index (χ0v) is 17.2. The van der Waals surface area contributed by atoms with Crippen molar-refractivity contribution >= 4 is 22.5 Å². The summed E-state index contributed by atoms with van der Waals surface area (Å²) in [6.45, 7) is 0. The van der Waals surface area contributed by atoms with Crippen molar-refractivity contribution in [3.05, 3.63) is 46.2 Å². The van der Waals surface area contributed by atoms with Gasteiger partial charge in [-0.05, 0) is 0 Å². The largest absolute Gasteiger partial charge is 0.497 e. The third kappa shape index (κ3) is 3.69. The fourth-order valence-electron chi connectivity index (χ4n) is 3.09. The van der Waals surface area contributed by atoms with Gasteiger partial charge in [0, 0.05) is 36.1 Å². The summed E-state index contributed by atoms with van der Waals surface area (Å²) in [5.41, 5.74) is 0.296. The zero-order valence-electron chi connectivity index (χ0n) is 17.2. The smallest absolute Gasteiger partial charge is 0.261 e. The van der Waals surface area contributed by atoms with Crippen LogP contribution in [0.15, 0.2) is 35.3 Å². The van der Waals surface area contributed by atoms with Gasteiger partial charge in [0.15, 0.2) is 11.5 Å². The topological polar surface area (TPSA) is 108 Å². The molecule has 9 nitrogen and oxygen atoms in total. The molecule has 0 aliphatic carbocycles. The summed E-state index contributed by atoms with van der Waals surface area (Å²) < 4.78 is 26.4. The summed E-state index contributed by atoms with van der Waals surface area (Å²) >= 11 is 0. The van der Waals surface area contributed by atoms with Crippen LogP contribution >= 0.6 is 0 Å². The first-order valence-corrected chi connectivity index (χ1v) is 8.86. The van der Waals surface area contributed by atoms with Gasteiger partial charge >= 0.3 is 0 Å². The molecular weight excluding hydrogens is 392 g/mol. The van der Waals surface area contributed by atoms with Gasteiger partial charge in [0.25, 0.3) is 5.91 Å². The average molecular weight is 414 g/mol. The first kappa shape index (κ1) is 20.8. The number of aromatic nitrogens is 1. The molecule has 1 amide bonds. The number of methoxy groups -OCH3 is 5. The monoisotopic (exact) mass is 414 g/mol. The molecule has 1 aromatic heterocycles. The molecule has 1 heterocycles. The zero-order chi connectivity index (χ0) is 21.8. The molecule has 2 N–H and O–H groups in total. The number of ether oxygens (including phenoxy) is 5. The van der Waals surface area contributed by atoms with Crippen molar-refractivity contribution in [3.8, 4) is 28.7 Å². The SMILES string of the molecule is COc1cc(OC)c2c(=O)c(C(=O)Nc3cc(OC)c(OC)c(OC)c3)c[nH]c2c1. The number of fused-ring (bicyclic) bond motifs is 1. The Morgan fingerprint density at radius 3 is 2.00 bits per heavy atom. The second-order valence-electron chi connectivity index (χ2n) is 6.15. The summed E-state index contributed by atoms with van der Waals surface area (Å²) in [5.74, 6) is 1.34. The van der Waals surface area contributed by atoms with Gasteiger partial charge < -0.3 is 34.0 Å². The number of nitrogens with one attached hydrogen (secondary N) is 2. The number of aromatic amines is 1. The summed E-state index contributed by atoms with van der Waals surface area (Å²) in [7, 11) is 7.37. The van der Waals surface area contributed by atoms with Gasteiger partial charge in [-0.3, -0.25) is 9.59 Å². The van der Waals surface area contributed by atoms with Crippen molar-refractivity contribution in [2.45, 2.75) is 0 Å². The molecule has 0 spiro atoms. The molecule has 0 aliphatic rings. The molecule has 0 radical (unpaired) electrons. The van der Waals surface area contributed by atoms with E-state index in [-0.39, 0.29) is 10.9 Å². The van der Waals surface area contributed by atoms with Crippen LogP contribution in [-0.2, 0) is 0 Å². The number of anilines is 1. The van der Waals surface area contributed by atoms with Gasteiger partial charge in [0.2, 0.25) is 11.2 Å². The third-order valence-electron chi connectivity index (χ3n) is 4.54. The van der Waals surface area contributed by atoms with E-state index in [2.05, 4.69) is 10.3 Å². The van der Waals surface area contributed by atoms with E-state index in [4.69, 9.17) is 23.7 Å². The Hall–Kier alpha value is -3.88. The standard InChI is InChI=1S/C21H22N2O7/c1-26-12-8-14-18(15(9-12)27-2)19(24)13(10-22-14)21(25)23-11-6-16(28-3)20(30-5)17(7-11)29-4/h6-10H,1-5H3,(H,22,24)(H,23,25). The number of hydrogen-bond acceptors (Lipinski definition) is 7. The first-order valence-electron chi connectivity index (χ1n) is 8.86. The molecule has 0 unspecified atom stereocenters. The fraction of sp³-hybridized carbons (Fsp3) is 0.238. The predicted molar refractivity (Wildman–Crippen MR) is 112 cm³/mol. The second-order valence-corrected chi connectivity index (χ2v) is 6.15. The maximum absolute atomic E-state index is 13.0. The maximum Gasteiger partial charge on any atom is 0.261 e. The highest BCUT2D eigenvalue weighted by Crippen LogP contribution is 2.40. The molecule has 0 fully saturated rings. The minimum atomic E-state index is -0.606. The average Bonchev–Trinajstić information content (AvgIpc) is 2.77. The van der Waals surface area contributed by atoms with Crippen LogP contribution < -0.4 is 34.4 Å². The van der Waals surface area contributed by atoms with E-state index in [0.717, 1.165) is 0 Å². The quantitative estimate of drug-likeness (QED) is 0.612. The summed E-state index contributed by atoms with van der Waals surface area (Å²) in [6, 6.07) is 6.37. The predicted octanol–water partition coefficient (Wildman–Crippen LogP) is 2.82. The van der Waals surface area contributed by atoms with E-state index in [0.29, 0.717) is 40.0 Å². The Bertz CT molecular complexity index is 1130. The van der Waals surface area contributed by atoms with E-state index < -0.39 is 11.3 Å². The minimum Gasteiger partial charge on any atom is -0.497 e. The first-order chi connectivity index (χ1) is 14.5. The second kappa shape index (κ2) is 8.64. The molecule has 0 saturated carbocycles. The number of carbonyl (C=O) groups excluding carboxylic acids is 1. The van der Waals surface area contributed by atoms with Crippen molar-refractivity contribution in [1.29, 1.82) is 0 Å². The lowest BCUT2D eigenvalue weighted by Gasteiger charge is -2.15. The number of H-pyrrole nitrogens is 1. The fourth-order valence-corrected chi connectivity index (χ4v) is 3.09. The number of hydrogen-bond donors (Lipinski definition) is 2. The molecule has 30 heavy (non-hydrogen) atoms. The van der Waals surface area contributed by atoms with Gasteiger partial charge in [-0.15, -0.1) is 0 Å². The van der Waals surface area contributed by atoms with E-state index in [1.54, 1.807) is 24.3 Å². The lowest BCUT2D eigenvalue weighted by molar-refractivity contribution is 0.102. The van der Waals surface area contributed by atoms with Gasteiger partial charge in [-0.25, -0.2) is 0 Å². The number of carbonyl (C=O) groups is 1. The lowest BCUT2D eigenvalue weighted by Crippen LogP contribution is -2.22.